The molecule has 0 saturated carbocycles. The molecule has 1 saturated heterocycles. The highest BCUT2D eigenvalue weighted by molar-refractivity contribution is 5.88. The molecule has 9 heteroatoms. The highest BCUT2D eigenvalue weighted by atomic mass is 19.1. The summed E-state index contributed by atoms with van der Waals surface area (Å²) in [5, 5.41) is 9.30. The van der Waals surface area contributed by atoms with Gasteiger partial charge in [0.25, 0.3) is 0 Å². The van der Waals surface area contributed by atoms with Crippen LogP contribution in [0.4, 0.5) is 15.0 Å². The molecule has 1 aliphatic heterocycles. The van der Waals surface area contributed by atoms with Crippen LogP contribution in [0.15, 0.2) is 42.9 Å². The molecule has 0 spiro atoms. The van der Waals surface area contributed by atoms with Crippen LogP contribution in [0.25, 0.3) is 5.82 Å². The zero-order chi connectivity index (χ0) is 22.5. The molecule has 0 unspecified atom stereocenters. The largest absolute Gasteiger partial charge is 0.338 e. The number of pyridine rings is 2. The van der Waals surface area contributed by atoms with Crippen LogP contribution < -0.4 is 10.6 Å². The Bertz CT molecular complexity index is 1060. The molecule has 168 valence electrons. The van der Waals surface area contributed by atoms with E-state index < -0.39 is 11.8 Å². The van der Waals surface area contributed by atoms with Crippen LogP contribution in [0.1, 0.15) is 42.5 Å². The molecule has 8 nitrogen and oxygen atoms in total. The zero-order valence-corrected chi connectivity index (χ0v) is 18.4. The van der Waals surface area contributed by atoms with Crippen molar-refractivity contribution in [2.24, 2.45) is 0 Å². The number of aromatic nitrogens is 4. The SMILES string of the molecule is CCNC(=O)Nc1nccc(CN2CCC(c3ccc(-n4cccn4)nc3C)CC2)c1F. The molecule has 2 amide bonds. The summed E-state index contributed by atoms with van der Waals surface area (Å²) in [6.07, 6.45) is 7.13. The lowest BCUT2D eigenvalue weighted by Crippen LogP contribution is -2.33. The van der Waals surface area contributed by atoms with Crippen molar-refractivity contribution in [1.29, 1.82) is 0 Å². The first-order chi connectivity index (χ1) is 15.5. The van der Waals surface area contributed by atoms with Crippen molar-refractivity contribution < 1.29 is 9.18 Å². The molecule has 32 heavy (non-hydrogen) atoms. The summed E-state index contributed by atoms with van der Waals surface area (Å²) in [6, 6.07) is 7.26. The first kappa shape index (κ1) is 21.9. The lowest BCUT2D eigenvalue weighted by atomic mass is 9.88. The van der Waals surface area contributed by atoms with Crippen LogP contribution in [0.5, 0.6) is 0 Å². The summed E-state index contributed by atoms with van der Waals surface area (Å²) >= 11 is 0. The van der Waals surface area contributed by atoms with E-state index in [0.29, 0.717) is 24.6 Å². The van der Waals surface area contributed by atoms with Gasteiger partial charge >= 0.3 is 6.03 Å². The highest BCUT2D eigenvalue weighted by Gasteiger charge is 2.24. The summed E-state index contributed by atoms with van der Waals surface area (Å²) in [4.78, 5) is 22.6. The van der Waals surface area contributed by atoms with E-state index in [0.717, 1.165) is 37.4 Å². The Labute approximate surface area is 186 Å². The lowest BCUT2D eigenvalue weighted by molar-refractivity contribution is 0.202. The fourth-order valence-electron chi connectivity index (χ4n) is 4.17. The number of likely N-dealkylation sites (tertiary alicyclic amines) is 1. The van der Waals surface area contributed by atoms with Gasteiger partial charge < -0.3 is 5.32 Å². The molecule has 0 atom stereocenters. The quantitative estimate of drug-likeness (QED) is 0.615. The Morgan fingerprint density at radius 1 is 1.22 bits per heavy atom. The minimum absolute atomic E-state index is 0.0395. The van der Waals surface area contributed by atoms with Gasteiger partial charge in [-0.25, -0.2) is 23.8 Å². The van der Waals surface area contributed by atoms with Crippen molar-refractivity contribution in [2.75, 3.05) is 25.0 Å². The standard InChI is InChI=1S/C23H28FN7O/c1-3-25-23(32)29-22-21(24)18(7-11-26-22)15-30-13-8-17(9-14-30)19-5-6-20(28-16(19)2)31-12-4-10-27-31/h4-7,10-12,17H,3,8-9,13-15H2,1-2H3,(H2,25,26,29,32). The number of carbonyl (C=O) groups is 1. The molecule has 1 aliphatic rings. The summed E-state index contributed by atoms with van der Waals surface area (Å²) in [6.45, 7) is 6.53. The average molecular weight is 438 g/mol. The number of aryl methyl sites for hydroxylation is 1. The van der Waals surface area contributed by atoms with Crippen LogP contribution >= 0.6 is 0 Å². The first-order valence-corrected chi connectivity index (χ1v) is 10.9. The van der Waals surface area contributed by atoms with Crippen LogP contribution in [0.3, 0.4) is 0 Å². The van der Waals surface area contributed by atoms with Gasteiger partial charge in [0.2, 0.25) is 0 Å². The van der Waals surface area contributed by atoms with E-state index in [9.17, 15) is 9.18 Å². The smallest absolute Gasteiger partial charge is 0.320 e. The van der Waals surface area contributed by atoms with Gasteiger partial charge in [0, 0.05) is 42.9 Å². The number of amides is 2. The summed E-state index contributed by atoms with van der Waals surface area (Å²) in [5.41, 5.74) is 2.83. The maximum absolute atomic E-state index is 14.8. The number of nitrogens with zero attached hydrogens (tertiary/aromatic N) is 5. The normalized spacial score (nSPS) is 15.0. The number of hydrogen-bond acceptors (Lipinski definition) is 5. The monoisotopic (exact) mass is 437 g/mol. The Kier molecular flexibility index (Phi) is 6.75. The summed E-state index contributed by atoms with van der Waals surface area (Å²) in [5.74, 6) is 0.735. The van der Waals surface area contributed by atoms with E-state index in [-0.39, 0.29) is 5.82 Å². The second-order valence-corrected chi connectivity index (χ2v) is 7.96. The van der Waals surface area contributed by atoms with Crippen molar-refractivity contribution in [3.63, 3.8) is 0 Å². The third kappa shape index (κ3) is 4.94. The number of piperidine rings is 1. The predicted octanol–water partition coefficient (Wildman–Crippen LogP) is 3.63. The van der Waals surface area contributed by atoms with E-state index in [1.807, 2.05) is 25.3 Å². The van der Waals surface area contributed by atoms with Crippen molar-refractivity contribution >= 4 is 11.8 Å². The lowest BCUT2D eigenvalue weighted by Gasteiger charge is -2.32. The Hall–Kier alpha value is -3.33. The minimum Gasteiger partial charge on any atom is -0.338 e. The van der Waals surface area contributed by atoms with E-state index in [2.05, 4.69) is 31.7 Å². The van der Waals surface area contributed by atoms with Gasteiger partial charge in [0.1, 0.15) is 0 Å². The molecule has 1 fully saturated rings. The van der Waals surface area contributed by atoms with Crippen LogP contribution in [-0.2, 0) is 6.54 Å². The van der Waals surface area contributed by atoms with Gasteiger partial charge in [0.15, 0.2) is 17.5 Å². The zero-order valence-electron chi connectivity index (χ0n) is 18.4. The second kappa shape index (κ2) is 9.86. The van der Waals surface area contributed by atoms with Crippen molar-refractivity contribution in [3.05, 3.63) is 65.5 Å². The van der Waals surface area contributed by atoms with Gasteiger partial charge in [-0.2, -0.15) is 5.10 Å². The maximum Gasteiger partial charge on any atom is 0.320 e. The number of anilines is 1. The van der Waals surface area contributed by atoms with Crippen molar-refractivity contribution in [3.8, 4) is 5.82 Å². The van der Waals surface area contributed by atoms with E-state index in [1.54, 1.807) is 23.9 Å². The third-order valence-corrected chi connectivity index (χ3v) is 5.81. The Morgan fingerprint density at radius 3 is 2.72 bits per heavy atom. The molecule has 0 aliphatic carbocycles. The predicted molar refractivity (Wildman–Crippen MR) is 120 cm³/mol. The first-order valence-electron chi connectivity index (χ1n) is 10.9. The molecule has 0 radical (unpaired) electrons. The van der Waals surface area contributed by atoms with E-state index >= 15 is 0 Å². The highest BCUT2D eigenvalue weighted by Crippen LogP contribution is 2.31. The number of hydrogen-bond donors (Lipinski definition) is 2. The van der Waals surface area contributed by atoms with Crippen molar-refractivity contribution in [1.82, 2.24) is 30.0 Å². The van der Waals surface area contributed by atoms with Crippen LogP contribution in [0.2, 0.25) is 0 Å². The van der Waals surface area contributed by atoms with Gasteiger partial charge in [0.05, 0.1) is 0 Å². The van der Waals surface area contributed by atoms with Gasteiger partial charge in [-0.1, -0.05) is 6.07 Å². The number of urea groups is 1. The fraction of sp³-hybridized carbons (Fsp3) is 0.391. The fourth-order valence-corrected chi connectivity index (χ4v) is 4.17. The summed E-state index contributed by atoms with van der Waals surface area (Å²) in [7, 11) is 0. The Balaban J connectivity index is 1.37. The molecular weight excluding hydrogens is 409 g/mol. The summed E-state index contributed by atoms with van der Waals surface area (Å²) < 4.78 is 16.6. The van der Waals surface area contributed by atoms with E-state index in [1.165, 1.54) is 11.8 Å². The number of nitrogens with one attached hydrogen (secondary N) is 2. The molecule has 0 aromatic carbocycles. The molecule has 3 aromatic rings. The average Bonchev–Trinajstić information content (AvgIpc) is 3.32. The van der Waals surface area contributed by atoms with Crippen molar-refractivity contribution in [2.45, 2.75) is 39.2 Å². The van der Waals surface area contributed by atoms with Crippen LogP contribution in [0, 0.1) is 12.7 Å². The molecular formula is C23H28FN7O. The second-order valence-electron chi connectivity index (χ2n) is 7.96. The maximum atomic E-state index is 14.8. The third-order valence-electron chi connectivity index (χ3n) is 5.81. The molecule has 2 N–H and O–H groups in total. The number of carbonyl (C=O) groups excluding carboxylic acids is 1. The van der Waals surface area contributed by atoms with Gasteiger partial charge in [-0.3, -0.25) is 10.2 Å². The molecule has 4 rings (SSSR count). The Morgan fingerprint density at radius 2 is 2.03 bits per heavy atom. The topological polar surface area (TPSA) is 88.0 Å². The van der Waals surface area contributed by atoms with Crippen LogP contribution in [-0.4, -0.2) is 50.3 Å². The number of rotatable bonds is 6. The van der Waals surface area contributed by atoms with Gasteiger partial charge in [-0.05, 0) is 69.5 Å². The molecule has 0 bridgehead atoms. The molecule has 4 heterocycles. The van der Waals surface area contributed by atoms with Gasteiger partial charge in [-0.15, -0.1) is 0 Å². The number of halogens is 1. The van der Waals surface area contributed by atoms with E-state index in [4.69, 9.17) is 4.98 Å². The molecule has 3 aromatic heterocycles. The minimum atomic E-state index is -0.477.